The van der Waals surface area contributed by atoms with E-state index < -0.39 is 5.97 Å². The molecule has 2 aromatic heterocycles. The van der Waals surface area contributed by atoms with Crippen molar-refractivity contribution >= 4 is 27.5 Å². The quantitative estimate of drug-likeness (QED) is 0.392. The summed E-state index contributed by atoms with van der Waals surface area (Å²) in [6, 6.07) is 14.3. The van der Waals surface area contributed by atoms with Crippen molar-refractivity contribution in [3.8, 4) is 17.1 Å². The third-order valence-electron chi connectivity index (χ3n) is 5.46. The molecule has 0 aliphatic rings. The van der Waals surface area contributed by atoms with Gasteiger partial charge in [0.25, 0.3) is 5.56 Å². The molecule has 6 nitrogen and oxygen atoms in total. The Morgan fingerprint density at radius 3 is 2.56 bits per heavy atom. The SMILES string of the molecule is Cc1cccc(-c2nc3sc(C)c(C)c3c(=O)n2CCCOc2ccc(C(=O)O)cc2)c1. The van der Waals surface area contributed by atoms with Crippen molar-refractivity contribution in [2.24, 2.45) is 0 Å². The van der Waals surface area contributed by atoms with Gasteiger partial charge in [0, 0.05) is 17.0 Å². The highest BCUT2D eigenvalue weighted by atomic mass is 32.1. The molecule has 32 heavy (non-hydrogen) atoms. The van der Waals surface area contributed by atoms with Crippen molar-refractivity contribution in [1.82, 2.24) is 9.55 Å². The fourth-order valence-corrected chi connectivity index (χ4v) is 4.67. The molecule has 0 spiro atoms. The molecule has 7 heteroatoms. The predicted octanol–water partition coefficient (Wildman–Crippen LogP) is 5.22. The Kier molecular flexibility index (Phi) is 6.10. The van der Waals surface area contributed by atoms with E-state index in [0.29, 0.717) is 36.5 Å². The predicted molar refractivity (Wildman–Crippen MR) is 127 cm³/mol. The third kappa shape index (κ3) is 4.29. The van der Waals surface area contributed by atoms with Gasteiger partial charge in [-0.3, -0.25) is 9.36 Å². The van der Waals surface area contributed by atoms with Gasteiger partial charge in [-0.05, 0) is 63.1 Å². The maximum Gasteiger partial charge on any atom is 0.335 e. The largest absolute Gasteiger partial charge is 0.494 e. The average molecular weight is 449 g/mol. The number of benzene rings is 2. The number of hydrogen-bond acceptors (Lipinski definition) is 5. The Labute approximate surface area is 189 Å². The van der Waals surface area contributed by atoms with Crippen LogP contribution < -0.4 is 10.3 Å². The van der Waals surface area contributed by atoms with Gasteiger partial charge in [-0.1, -0.05) is 23.8 Å². The second-order valence-corrected chi connectivity index (χ2v) is 8.96. The van der Waals surface area contributed by atoms with Crippen LogP contribution in [0.15, 0.2) is 53.3 Å². The summed E-state index contributed by atoms with van der Waals surface area (Å²) in [6.45, 7) is 6.87. The Morgan fingerprint density at radius 1 is 1.12 bits per heavy atom. The molecule has 0 atom stereocenters. The fraction of sp³-hybridized carbons (Fsp3) is 0.240. The lowest BCUT2D eigenvalue weighted by Gasteiger charge is -2.14. The summed E-state index contributed by atoms with van der Waals surface area (Å²) in [5.41, 5.74) is 3.20. The van der Waals surface area contributed by atoms with Crippen molar-refractivity contribution in [3.63, 3.8) is 0 Å². The lowest BCUT2D eigenvalue weighted by molar-refractivity contribution is 0.0697. The molecule has 0 amide bonds. The molecule has 0 aliphatic heterocycles. The molecule has 4 rings (SSSR count). The number of carboxylic acids is 1. The number of fused-ring (bicyclic) bond motifs is 1. The van der Waals surface area contributed by atoms with Gasteiger partial charge in [0.05, 0.1) is 17.6 Å². The maximum absolute atomic E-state index is 13.4. The molecule has 0 fully saturated rings. The van der Waals surface area contributed by atoms with E-state index in [0.717, 1.165) is 26.4 Å². The van der Waals surface area contributed by atoms with E-state index in [2.05, 4.69) is 0 Å². The van der Waals surface area contributed by atoms with Crippen LogP contribution in [-0.4, -0.2) is 27.2 Å². The summed E-state index contributed by atoms with van der Waals surface area (Å²) in [6.07, 6.45) is 0.606. The van der Waals surface area contributed by atoms with Gasteiger partial charge in [0.15, 0.2) is 0 Å². The standard InChI is InChI=1S/C25H24N2O4S/c1-15-6-4-7-19(14-15)22-26-23-21(16(2)17(3)32-23)24(28)27(22)12-5-13-31-20-10-8-18(9-11-20)25(29)30/h4,6-11,14H,5,12-13H2,1-3H3,(H,29,30). The van der Waals surface area contributed by atoms with Crippen molar-refractivity contribution in [3.05, 3.63) is 80.5 Å². The molecule has 0 unspecified atom stereocenters. The number of aryl methyl sites for hydroxylation is 3. The minimum atomic E-state index is -0.971. The second kappa shape index (κ2) is 8.96. The van der Waals surface area contributed by atoms with E-state index in [1.54, 1.807) is 28.0 Å². The highest BCUT2D eigenvalue weighted by Gasteiger charge is 2.17. The molecule has 0 saturated heterocycles. The Balaban J connectivity index is 1.61. The van der Waals surface area contributed by atoms with Crippen LogP contribution in [-0.2, 0) is 6.54 Å². The van der Waals surface area contributed by atoms with Crippen LogP contribution >= 0.6 is 11.3 Å². The Hall–Kier alpha value is -3.45. The van der Waals surface area contributed by atoms with Crippen LogP contribution in [0.2, 0.25) is 0 Å². The minimum absolute atomic E-state index is 0.0285. The number of ether oxygens (including phenoxy) is 1. The first-order chi connectivity index (χ1) is 15.3. The number of rotatable bonds is 7. The van der Waals surface area contributed by atoms with Gasteiger partial charge < -0.3 is 9.84 Å². The zero-order chi connectivity index (χ0) is 22.8. The van der Waals surface area contributed by atoms with E-state index >= 15 is 0 Å². The first kappa shape index (κ1) is 21.8. The smallest absolute Gasteiger partial charge is 0.335 e. The second-order valence-electron chi connectivity index (χ2n) is 7.76. The van der Waals surface area contributed by atoms with E-state index in [1.165, 1.54) is 12.1 Å². The number of carbonyl (C=O) groups is 1. The van der Waals surface area contributed by atoms with Crippen LogP contribution in [0.1, 0.15) is 32.8 Å². The summed E-state index contributed by atoms with van der Waals surface area (Å²) in [5.74, 6) is 0.291. The third-order valence-corrected chi connectivity index (χ3v) is 6.56. The lowest BCUT2D eigenvalue weighted by atomic mass is 10.1. The molecule has 0 radical (unpaired) electrons. The molecular weight excluding hydrogens is 424 g/mol. The normalized spacial score (nSPS) is 11.1. The first-order valence-corrected chi connectivity index (χ1v) is 11.2. The van der Waals surface area contributed by atoms with Gasteiger partial charge in [-0.15, -0.1) is 11.3 Å². The number of aromatic nitrogens is 2. The van der Waals surface area contributed by atoms with Crippen LogP contribution in [0, 0.1) is 20.8 Å². The summed E-state index contributed by atoms with van der Waals surface area (Å²) in [5, 5.41) is 9.69. The van der Waals surface area contributed by atoms with E-state index in [-0.39, 0.29) is 11.1 Å². The maximum atomic E-state index is 13.4. The van der Waals surface area contributed by atoms with Gasteiger partial charge in [-0.25, -0.2) is 9.78 Å². The summed E-state index contributed by atoms with van der Waals surface area (Å²) < 4.78 is 7.50. The molecule has 0 aliphatic carbocycles. The number of aromatic carboxylic acids is 1. The summed E-state index contributed by atoms with van der Waals surface area (Å²) in [4.78, 5) is 31.2. The summed E-state index contributed by atoms with van der Waals surface area (Å²) >= 11 is 1.55. The van der Waals surface area contributed by atoms with E-state index in [9.17, 15) is 9.59 Å². The molecule has 4 aromatic rings. The highest BCUT2D eigenvalue weighted by molar-refractivity contribution is 7.18. The topological polar surface area (TPSA) is 81.4 Å². The van der Waals surface area contributed by atoms with Crippen LogP contribution in [0.4, 0.5) is 0 Å². The van der Waals surface area contributed by atoms with Crippen LogP contribution in [0.25, 0.3) is 21.6 Å². The molecular formula is C25H24N2O4S. The Bertz CT molecular complexity index is 1350. The van der Waals surface area contributed by atoms with Crippen molar-refractivity contribution in [1.29, 1.82) is 0 Å². The van der Waals surface area contributed by atoms with E-state index in [4.69, 9.17) is 14.8 Å². The molecule has 1 N–H and O–H groups in total. The zero-order valence-electron chi connectivity index (χ0n) is 18.2. The summed E-state index contributed by atoms with van der Waals surface area (Å²) in [7, 11) is 0. The number of nitrogens with zero attached hydrogens (tertiary/aromatic N) is 2. The molecule has 2 heterocycles. The number of thiophene rings is 1. The lowest BCUT2D eigenvalue weighted by Crippen LogP contribution is -2.24. The minimum Gasteiger partial charge on any atom is -0.494 e. The number of carboxylic acid groups (broad SMARTS) is 1. The van der Waals surface area contributed by atoms with Crippen molar-refractivity contribution in [2.75, 3.05) is 6.61 Å². The van der Waals surface area contributed by atoms with Crippen LogP contribution in [0.5, 0.6) is 5.75 Å². The highest BCUT2D eigenvalue weighted by Crippen LogP contribution is 2.29. The average Bonchev–Trinajstić information content (AvgIpc) is 3.06. The van der Waals surface area contributed by atoms with Gasteiger partial charge in [0.2, 0.25) is 0 Å². The monoisotopic (exact) mass is 448 g/mol. The molecule has 0 bridgehead atoms. The first-order valence-electron chi connectivity index (χ1n) is 10.4. The Morgan fingerprint density at radius 2 is 1.88 bits per heavy atom. The van der Waals surface area contributed by atoms with Gasteiger partial charge in [-0.2, -0.15) is 0 Å². The fourth-order valence-electron chi connectivity index (χ4n) is 3.65. The van der Waals surface area contributed by atoms with Gasteiger partial charge >= 0.3 is 5.97 Å². The van der Waals surface area contributed by atoms with Crippen molar-refractivity contribution < 1.29 is 14.6 Å². The molecule has 0 saturated carbocycles. The van der Waals surface area contributed by atoms with Crippen molar-refractivity contribution in [2.45, 2.75) is 33.7 Å². The number of hydrogen-bond donors (Lipinski definition) is 1. The molecule has 164 valence electrons. The zero-order valence-corrected chi connectivity index (χ0v) is 19.0. The molecule has 2 aromatic carbocycles. The van der Waals surface area contributed by atoms with Gasteiger partial charge in [0.1, 0.15) is 16.4 Å². The van der Waals surface area contributed by atoms with Crippen LogP contribution in [0.3, 0.4) is 0 Å². The van der Waals surface area contributed by atoms with E-state index in [1.807, 2.05) is 45.0 Å².